The van der Waals surface area contributed by atoms with E-state index >= 15 is 0 Å². The highest BCUT2D eigenvalue weighted by molar-refractivity contribution is 5.22. The summed E-state index contributed by atoms with van der Waals surface area (Å²) in [5.74, 6) is 0. The SMILES string of the molecule is CC(C)N1CCc2cccnc2C1. The summed E-state index contributed by atoms with van der Waals surface area (Å²) in [5.41, 5.74) is 2.70. The van der Waals surface area contributed by atoms with E-state index in [0.717, 1.165) is 13.0 Å². The molecule has 1 aliphatic heterocycles. The molecule has 1 aliphatic rings. The molecule has 2 heteroatoms. The van der Waals surface area contributed by atoms with Crippen molar-refractivity contribution >= 4 is 0 Å². The number of hydrogen-bond acceptors (Lipinski definition) is 2. The van der Waals surface area contributed by atoms with Crippen LogP contribution in [-0.4, -0.2) is 22.5 Å². The van der Waals surface area contributed by atoms with Crippen molar-refractivity contribution in [3.8, 4) is 0 Å². The van der Waals surface area contributed by atoms with Gasteiger partial charge >= 0.3 is 0 Å². The van der Waals surface area contributed by atoms with E-state index in [1.54, 1.807) is 0 Å². The highest BCUT2D eigenvalue weighted by Crippen LogP contribution is 2.17. The van der Waals surface area contributed by atoms with Crippen LogP contribution >= 0.6 is 0 Å². The molecule has 0 unspecified atom stereocenters. The fourth-order valence-electron chi connectivity index (χ4n) is 1.82. The molecule has 0 aliphatic carbocycles. The lowest BCUT2D eigenvalue weighted by Gasteiger charge is -2.30. The molecule has 0 atom stereocenters. The Morgan fingerprint density at radius 2 is 2.31 bits per heavy atom. The molecular weight excluding hydrogens is 160 g/mol. The van der Waals surface area contributed by atoms with Gasteiger partial charge in [-0.2, -0.15) is 0 Å². The Labute approximate surface area is 79.6 Å². The first-order chi connectivity index (χ1) is 6.27. The van der Waals surface area contributed by atoms with Gasteiger partial charge in [-0.3, -0.25) is 9.88 Å². The van der Waals surface area contributed by atoms with E-state index in [1.165, 1.54) is 17.8 Å². The second kappa shape index (κ2) is 3.46. The predicted molar refractivity (Wildman–Crippen MR) is 53.5 cm³/mol. The molecule has 1 aromatic heterocycles. The smallest absolute Gasteiger partial charge is 0.0576 e. The lowest BCUT2D eigenvalue weighted by atomic mass is 10.0. The van der Waals surface area contributed by atoms with E-state index in [2.05, 4.69) is 29.8 Å². The molecule has 0 radical (unpaired) electrons. The van der Waals surface area contributed by atoms with Gasteiger partial charge in [0, 0.05) is 25.3 Å². The monoisotopic (exact) mass is 176 g/mol. The first-order valence-corrected chi connectivity index (χ1v) is 4.94. The van der Waals surface area contributed by atoms with Crippen molar-refractivity contribution in [2.45, 2.75) is 32.9 Å². The van der Waals surface area contributed by atoms with Crippen LogP contribution in [0, 0.1) is 0 Å². The van der Waals surface area contributed by atoms with Gasteiger partial charge in [-0.1, -0.05) is 6.07 Å². The number of hydrogen-bond donors (Lipinski definition) is 0. The van der Waals surface area contributed by atoms with Crippen LogP contribution in [0.5, 0.6) is 0 Å². The van der Waals surface area contributed by atoms with Gasteiger partial charge in [-0.05, 0) is 31.9 Å². The maximum absolute atomic E-state index is 4.41. The average Bonchev–Trinajstić information content (AvgIpc) is 2.17. The lowest BCUT2D eigenvalue weighted by Crippen LogP contribution is -2.36. The predicted octanol–water partition coefficient (Wildman–Crippen LogP) is 1.85. The molecule has 1 aromatic rings. The maximum atomic E-state index is 4.41. The summed E-state index contributed by atoms with van der Waals surface area (Å²) in [5, 5.41) is 0. The van der Waals surface area contributed by atoms with Crippen molar-refractivity contribution in [3.63, 3.8) is 0 Å². The third kappa shape index (κ3) is 1.73. The van der Waals surface area contributed by atoms with E-state index in [-0.39, 0.29) is 0 Å². The van der Waals surface area contributed by atoms with E-state index in [0.29, 0.717) is 6.04 Å². The minimum atomic E-state index is 0.634. The standard InChI is InChI=1S/C11H16N2/c1-9(2)13-7-5-10-4-3-6-12-11(10)8-13/h3-4,6,9H,5,7-8H2,1-2H3. The van der Waals surface area contributed by atoms with Gasteiger partial charge in [0.1, 0.15) is 0 Å². The summed E-state index contributed by atoms with van der Waals surface area (Å²) in [4.78, 5) is 6.88. The number of rotatable bonds is 1. The second-order valence-corrected chi connectivity index (χ2v) is 3.92. The van der Waals surface area contributed by atoms with E-state index in [1.807, 2.05) is 12.3 Å². The van der Waals surface area contributed by atoms with Crippen LogP contribution in [0.3, 0.4) is 0 Å². The largest absolute Gasteiger partial charge is 0.295 e. The molecule has 2 nitrogen and oxygen atoms in total. The summed E-state index contributed by atoms with van der Waals surface area (Å²) >= 11 is 0. The Hall–Kier alpha value is -0.890. The van der Waals surface area contributed by atoms with Gasteiger partial charge in [-0.15, -0.1) is 0 Å². The van der Waals surface area contributed by atoms with Crippen LogP contribution < -0.4 is 0 Å². The Bertz CT molecular complexity index is 294. The Balaban J connectivity index is 2.20. The first kappa shape index (κ1) is 8.70. The molecule has 0 fully saturated rings. The zero-order chi connectivity index (χ0) is 9.26. The van der Waals surface area contributed by atoms with Crippen LogP contribution in [0.1, 0.15) is 25.1 Å². The van der Waals surface area contributed by atoms with Gasteiger partial charge in [0.25, 0.3) is 0 Å². The fraction of sp³-hybridized carbons (Fsp3) is 0.545. The molecule has 0 amide bonds. The molecule has 0 saturated carbocycles. The highest BCUT2D eigenvalue weighted by Gasteiger charge is 2.18. The van der Waals surface area contributed by atoms with Crippen LogP contribution in [-0.2, 0) is 13.0 Å². The highest BCUT2D eigenvalue weighted by atomic mass is 15.2. The minimum absolute atomic E-state index is 0.634. The summed E-state index contributed by atoms with van der Waals surface area (Å²) in [6.07, 6.45) is 3.05. The molecule has 0 N–H and O–H groups in total. The lowest BCUT2D eigenvalue weighted by molar-refractivity contribution is 0.200. The molecule has 13 heavy (non-hydrogen) atoms. The maximum Gasteiger partial charge on any atom is 0.0576 e. The minimum Gasteiger partial charge on any atom is -0.295 e. The van der Waals surface area contributed by atoms with E-state index < -0.39 is 0 Å². The van der Waals surface area contributed by atoms with Crippen molar-refractivity contribution in [3.05, 3.63) is 29.6 Å². The zero-order valence-electron chi connectivity index (χ0n) is 8.33. The molecule has 0 bridgehead atoms. The number of pyridine rings is 1. The van der Waals surface area contributed by atoms with Gasteiger partial charge in [0.05, 0.1) is 5.69 Å². The number of aromatic nitrogens is 1. The van der Waals surface area contributed by atoms with Crippen molar-refractivity contribution in [2.75, 3.05) is 6.54 Å². The van der Waals surface area contributed by atoms with Crippen LogP contribution in [0.2, 0.25) is 0 Å². The summed E-state index contributed by atoms with van der Waals surface area (Å²) < 4.78 is 0. The van der Waals surface area contributed by atoms with Gasteiger partial charge in [0.15, 0.2) is 0 Å². The van der Waals surface area contributed by atoms with Crippen LogP contribution in [0.25, 0.3) is 0 Å². The Morgan fingerprint density at radius 1 is 1.46 bits per heavy atom. The number of fused-ring (bicyclic) bond motifs is 1. The Morgan fingerprint density at radius 3 is 3.08 bits per heavy atom. The average molecular weight is 176 g/mol. The fourth-order valence-corrected chi connectivity index (χ4v) is 1.82. The van der Waals surface area contributed by atoms with E-state index in [4.69, 9.17) is 0 Å². The van der Waals surface area contributed by atoms with E-state index in [9.17, 15) is 0 Å². The van der Waals surface area contributed by atoms with Gasteiger partial charge in [0.2, 0.25) is 0 Å². The molecule has 0 spiro atoms. The van der Waals surface area contributed by atoms with Crippen molar-refractivity contribution in [1.82, 2.24) is 9.88 Å². The molecule has 0 saturated heterocycles. The third-order valence-electron chi connectivity index (χ3n) is 2.74. The quantitative estimate of drug-likeness (QED) is 0.649. The normalized spacial score (nSPS) is 17.5. The summed E-state index contributed by atoms with van der Waals surface area (Å²) in [6, 6.07) is 4.86. The topological polar surface area (TPSA) is 16.1 Å². The third-order valence-corrected chi connectivity index (χ3v) is 2.74. The van der Waals surface area contributed by atoms with Gasteiger partial charge < -0.3 is 0 Å². The Kier molecular flexibility index (Phi) is 2.32. The van der Waals surface area contributed by atoms with Crippen molar-refractivity contribution in [2.24, 2.45) is 0 Å². The van der Waals surface area contributed by atoms with Crippen molar-refractivity contribution in [1.29, 1.82) is 0 Å². The molecule has 0 aromatic carbocycles. The van der Waals surface area contributed by atoms with Crippen LogP contribution in [0.15, 0.2) is 18.3 Å². The molecule has 2 rings (SSSR count). The molecule has 2 heterocycles. The summed E-state index contributed by atoms with van der Waals surface area (Å²) in [6.45, 7) is 6.69. The van der Waals surface area contributed by atoms with Crippen molar-refractivity contribution < 1.29 is 0 Å². The van der Waals surface area contributed by atoms with Gasteiger partial charge in [-0.25, -0.2) is 0 Å². The second-order valence-electron chi connectivity index (χ2n) is 3.92. The first-order valence-electron chi connectivity index (χ1n) is 4.94. The zero-order valence-corrected chi connectivity index (χ0v) is 8.33. The number of nitrogens with zero attached hydrogens (tertiary/aromatic N) is 2. The van der Waals surface area contributed by atoms with Crippen LogP contribution in [0.4, 0.5) is 0 Å². The molecular formula is C11H16N2. The summed E-state index contributed by atoms with van der Waals surface area (Å²) in [7, 11) is 0. The molecule has 70 valence electrons.